The fraction of sp³-hybridized carbons (Fsp3) is 0.462. The van der Waals surface area contributed by atoms with E-state index in [0.29, 0.717) is 24.6 Å². The van der Waals surface area contributed by atoms with E-state index in [1.54, 1.807) is 12.1 Å². The van der Waals surface area contributed by atoms with E-state index >= 15 is 0 Å². The van der Waals surface area contributed by atoms with Crippen molar-refractivity contribution >= 4 is 21.7 Å². The number of aromatic carboxylic acids is 1. The highest BCUT2D eigenvalue weighted by atomic mass is 32.2. The van der Waals surface area contributed by atoms with Gasteiger partial charge in [-0.05, 0) is 48.9 Å². The minimum absolute atomic E-state index is 0.209. The lowest BCUT2D eigenvalue weighted by atomic mass is 10.1. The van der Waals surface area contributed by atoms with Crippen molar-refractivity contribution < 1.29 is 18.3 Å². The van der Waals surface area contributed by atoms with Crippen LogP contribution in [0.5, 0.6) is 0 Å². The molecule has 1 aliphatic carbocycles. The van der Waals surface area contributed by atoms with Gasteiger partial charge in [0.15, 0.2) is 0 Å². The third kappa shape index (κ3) is 2.32. The minimum Gasteiger partial charge on any atom is -0.478 e. The lowest BCUT2D eigenvalue weighted by Gasteiger charge is -2.19. The Hall–Kier alpha value is -1.56. The quantitative estimate of drug-likeness (QED) is 0.907. The molecule has 1 aliphatic heterocycles. The fourth-order valence-corrected chi connectivity index (χ4v) is 4.42. The second-order valence-corrected chi connectivity index (χ2v) is 7.13. The number of rotatable bonds is 4. The van der Waals surface area contributed by atoms with Gasteiger partial charge in [-0.15, -0.1) is 0 Å². The monoisotopic (exact) mass is 281 g/mol. The predicted molar refractivity (Wildman–Crippen MR) is 71.0 cm³/mol. The van der Waals surface area contributed by atoms with Gasteiger partial charge in [0, 0.05) is 6.54 Å². The Morgan fingerprint density at radius 2 is 2.11 bits per heavy atom. The van der Waals surface area contributed by atoms with Crippen molar-refractivity contribution in [2.24, 2.45) is 5.92 Å². The molecule has 0 unspecified atom stereocenters. The van der Waals surface area contributed by atoms with Crippen LogP contribution in [0.4, 0.5) is 5.69 Å². The molecule has 0 spiro atoms. The maximum absolute atomic E-state index is 12.3. The number of hydrogen-bond acceptors (Lipinski definition) is 3. The zero-order valence-corrected chi connectivity index (χ0v) is 11.2. The summed E-state index contributed by atoms with van der Waals surface area (Å²) in [5.74, 6) is -0.456. The Labute approximate surface area is 111 Å². The number of hydrogen-bond donors (Lipinski definition) is 1. The van der Waals surface area contributed by atoms with Gasteiger partial charge in [0.1, 0.15) is 0 Å². The number of carboxylic acids is 1. The van der Waals surface area contributed by atoms with Crippen molar-refractivity contribution in [3.8, 4) is 0 Å². The Morgan fingerprint density at radius 3 is 2.74 bits per heavy atom. The first-order chi connectivity index (χ1) is 8.97. The van der Waals surface area contributed by atoms with E-state index in [1.165, 1.54) is 10.4 Å². The van der Waals surface area contributed by atoms with E-state index < -0.39 is 16.0 Å². The van der Waals surface area contributed by atoms with Gasteiger partial charge in [-0.25, -0.2) is 13.2 Å². The average Bonchev–Trinajstić information content (AvgIpc) is 3.04. The van der Waals surface area contributed by atoms with Gasteiger partial charge in [-0.1, -0.05) is 0 Å². The van der Waals surface area contributed by atoms with Crippen LogP contribution in [0.2, 0.25) is 0 Å². The molecular weight excluding hydrogens is 266 g/mol. The zero-order chi connectivity index (χ0) is 13.6. The van der Waals surface area contributed by atoms with Crippen molar-refractivity contribution in [1.82, 2.24) is 0 Å². The normalized spacial score (nSPS) is 18.4. The van der Waals surface area contributed by atoms with Crippen molar-refractivity contribution in [2.45, 2.75) is 19.3 Å². The molecule has 1 saturated carbocycles. The highest BCUT2D eigenvalue weighted by Gasteiger charge is 2.35. The molecule has 0 saturated heterocycles. The van der Waals surface area contributed by atoms with Crippen LogP contribution in [0.25, 0.3) is 0 Å². The Morgan fingerprint density at radius 1 is 1.37 bits per heavy atom. The van der Waals surface area contributed by atoms with Crippen LogP contribution >= 0.6 is 0 Å². The highest BCUT2D eigenvalue weighted by Crippen LogP contribution is 2.35. The molecule has 1 N–H and O–H groups in total. The molecule has 3 rings (SSSR count). The van der Waals surface area contributed by atoms with Crippen molar-refractivity contribution in [3.63, 3.8) is 0 Å². The fourth-order valence-electron chi connectivity index (χ4n) is 2.47. The number of carboxylic acid groups (broad SMARTS) is 1. The number of fused-ring (bicyclic) bond motifs is 1. The van der Waals surface area contributed by atoms with Crippen LogP contribution < -0.4 is 4.31 Å². The second kappa shape index (κ2) is 4.23. The third-order valence-corrected chi connectivity index (χ3v) is 5.60. The van der Waals surface area contributed by atoms with Crippen LogP contribution in [0.15, 0.2) is 18.2 Å². The van der Waals surface area contributed by atoms with E-state index in [1.807, 2.05) is 0 Å². The van der Waals surface area contributed by atoms with Gasteiger partial charge in [0.2, 0.25) is 10.0 Å². The van der Waals surface area contributed by atoms with Gasteiger partial charge >= 0.3 is 5.97 Å². The summed E-state index contributed by atoms with van der Waals surface area (Å²) in [5.41, 5.74) is 1.66. The second-order valence-electron chi connectivity index (χ2n) is 5.19. The molecule has 0 amide bonds. The first-order valence-corrected chi connectivity index (χ1v) is 7.95. The molecule has 0 radical (unpaired) electrons. The third-order valence-electron chi connectivity index (χ3n) is 3.66. The van der Waals surface area contributed by atoms with Crippen LogP contribution in [-0.4, -0.2) is 31.8 Å². The molecular formula is C13H15NO4S. The van der Waals surface area contributed by atoms with E-state index in [4.69, 9.17) is 5.11 Å². The Bertz CT molecular complexity index is 634. The standard InChI is InChI=1S/C13H15NO4S/c15-13(16)11-3-4-12-10(7-11)5-6-14(12)19(17,18)8-9-1-2-9/h3-4,7,9H,1-2,5-6,8H2,(H,15,16). The molecule has 6 heteroatoms. The summed E-state index contributed by atoms with van der Waals surface area (Å²) in [4.78, 5) is 10.9. The molecule has 2 aliphatic rings. The SMILES string of the molecule is O=C(O)c1ccc2c(c1)CCN2S(=O)(=O)CC1CC1. The first kappa shape index (κ1) is 12.5. The summed E-state index contributed by atoms with van der Waals surface area (Å²) in [7, 11) is -3.26. The summed E-state index contributed by atoms with van der Waals surface area (Å²) in [6, 6.07) is 4.65. The lowest BCUT2D eigenvalue weighted by Crippen LogP contribution is -2.32. The average molecular weight is 281 g/mol. The van der Waals surface area contributed by atoms with Gasteiger partial charge < -0.3 is 5.11 Å². The molecule has 19 heavy (non-hydrogen) atoms. The number of anilines is 1. The summed E-state index contributed by atoms with van der Waals surface area (Å²) < 4.78 is 26.0. The predicted octanol–water partition coefficient (Wildman–Crippen LogP) is 1.49. The summed E-state index contributed by atoms with van der Waals surface area (Å²) >= 11 is 0. The van der Waals surface area contributed by atoms with Crippen molar-refractivity contribution in [3.05, 3.63) is 29.3 Å². The minimum atomic E-state index is -3.26. The molecule has 1 aromatic rings. The van der Waals surface area contributed by atoms with Crippen molar-refractivity contribution in [1.29, 1.82) is 0 Å². The molecule has 0 atom stereocenters. The first-order valence-electron chi connectivity index (χ1n) is 6.34. The van der Waals surface area contributed by atoms with Crippen LogP contribution in [0.1, 0.15) is 28.8 Å². The maximum atomic E-state index is 12.3. The lowest BCUT2D eigenvalue weighted by molar-refractivity contribution is 0.0697. The smallest absolute Gasteiger partial charge is 0.335 e. The number of nitrogens with zero attached hydrogens (tertiary/aromatic N) is 1. The molecule has 5 nitrogen and oxygen atoms in total. The highest BCUT2D eigenvalue weighted by molar-refractivity contribution is 7.92. The van der Waals surface area contributed by atoms with Crippen LogP contribution in [-0.2, 0) is 16.4 Å². The maximum Gasteiger partial charge on any atom is 0.335 e. The van der Waals surface area contributed by atoms with Gasteiger partial charge in [-0.3, -0.25) is 4.31 Å². The van der Waals surface area contributed by atoms with Crippen molar-refractivity contribution in [2.75, 3.05) is 16.6 Å². The van der Waals surface area contributed by atoms with Gasteiger partial charge in [0.25, 0.3) is 0 Å². The summed E-state index contributed by atoms with van der Waals surface area (Å²) in [6.45, 7) is 0.424. The number of benzene rings is 1. The zero-order valence-electron chi connectivity index (χ0n) is 10.4. The van der Waals surface area contributed by atoms with Gasteiger partial charge in [-0.2, -0.15) is 0 Å². The van der Waals surface area contributed by atoms with E-state index in [-0.39, 0.29) is 11.3 Å². The number of carbonyl (C=O) groups is 1. The Balaban J connectivity index is 1.91. The molecule has 1 aromatic carbocycles. The largest absolute Gasteiger partial charge is 0.478 e. The van der Waals surface area contributed by atoms with E-state index in [0.717, 1.165) is 18.4 Å². The van der Waals surface area contributed by atoms with E-state index in [9.17, 15) is 13.2 Å². The molecule has 1 fully saturated rings. The number of sulfonamides is 1. The summed E-state index contributed by atoms with van der Waals surface area (Å²) in [6.07, 6.45) is 2.58. The Kier molecular flexibility index (Phi) is 2.78. The summed E-state index contributed by atoms with van der Waals surface area (Å²) in [5, 5.41) is 8.94. The molecule has 1 heterocycles. The van der Waals surface area contributed by atoms with E-state index in [2.05, 4.69) is 0 Å². The topological polar surface area (TPSA) is 74.7 Å². The molecule has 0 aromatic heterocycles. The molecule has 102 valence electrons. The molecule has 0 bridgehead atoms. The van der Waals surface area contributed by atoms with Crippen LogP contribution in [0, 0.1) is 5.92 Å². The van der Waals surface area contributed by atoms with Crippen LogP contribution in [0.3, 0.4) is 0 Å². The van der Waals surface area contributed by atoms with Gasteiger partial charge in [0.05, 0.1) is 17.0 Å².